The Bertz CT molecular complexity index is 179. The van der Waals surface area contributed by atoms with Crippen molar-refractivity contribution in [3.8, 4) is 0 Å². The molecule has 14 heavy (non-hydrogen) atoms. The molecule has 2 heteroatoms. The zero-order valence-electron chi connectivity index (χ0n) is 9.46. The van der Waals surface area contributed by atoms with Crippen molar-refractivity contribution in [1.29, 1.82) is 0 Å². The molecule has 3 atom stereocenters. The van der Waals surface area contributed by atoms with Gasteiger partial charge in [0.05, 0.1) is 12.2 Å². The van der Waals surface area contributed by atoms with Gasteiger partial charge in [0.1, 0.15) is 0 Å². The van der Waals surface area contributed by atoms with E-state index in [0.29, 0.717) is 12.2 Å². The third kappa shape index (κ3) is 3.25. The molecule has 2 rings (SSSR count). The standard InChI is InChI=1S/C12H23NO/c1-9(8-13-11-4-5-11)7-12-6-3-10(2)14-12/h9-13H,3-8H2,1-2H3. The van der Waals surface area contributed by atoms with Gasteiger partial charge in [-0.3, -0.25) is 0 Å². The highest BCUT2D eigenvalue weighted by Gasteiger charge is 2.25. The van der Waals surface area contributed by atoms with Crippen molar-refractivity contribution in [2.75, 3.05) is 6.54 Å². The minimum Gasteiger partial charge on any atom is -0.375 e. The van der Waals surface area contributed by atoms with Crippen molar-refractivity contribution in [2.45, 2.75) is 64.2 Å². The summed E-state index contributed by atoms with van der Waals surface area (Å²) in [5.41, 5.74) is 0. The van der Waals surface area contributed by atoms with E-state index in [1.807, 2.05) is 0 Å². The molecule has 1 N–H and O–H groups in total. The maximum atomic E-state index is 5.83. The van der Waals surface area contributed by atoms with Crippen molar-refractivity contribution in [1.82, 2.24) is 5.32 Å². The Morgan fingerprint density at radius 1 is 1.29 bits per heavy atom. The van der Waals surface area contributed by atoms with Crippen molar-refractivity contribution in [2.24, 2.45) is 5.92 Å². The molecular formula is C12H23NO. The van der Waals surface area contributed by atoms with Gasteiger partial charge in [-0.1, -0.05) is 6.92 Å². The summed E-state index contributed by atoms with van der Waals surface area (Å²) < 4.78 is 5.83. The summed E-state index contributed by atoms with van der Waals surface area (Å²) in [7, 11) is 0. The molecule has 0 aromatic heterocycles. The van der Waals surface area contributed by atoms with Gasteiger partial charge >= 0.3 is 0 Å². The molecule has 0 aromatic carbocycles. The first-order valence-electron chi connectivity index (χ1n) is 6.13. The molecule has 0 aromatic rings. The SMILES string of the molecule is CC(CNC1CC1)CC1CCC(C)O1. The van der Waals surface area contributed by atoms with Crippen LogP contribution in [-0.2, 0) is 4.74 Å². The van der Waals surface area contributed by atoms with Crippen molar-refractivity contribution < 1.29 is 4.74 Å². The highest BCUT2D eigenvalue weighted by molar-refractivity contribution is 4.82. The van der Waals surface area contributed by atoms with Crippen LogP contribution in [0.5, 0.6) is 0 Å². The Morgan fingerprint density at radius 2 is 2.07 bits per heavy atom. The lowest BCUT2D eigenvalue weighted by Crippen LogP contribution is -2.25. The van der Waals surface area contributed by atoms with Gasteiger partial charge in [0.25, 0.3) is 0 Å². The van der Waals surface area contributed by atoms with E-state index in [-0.39, 0.29) is 0 Å². The smallest absolute Gasteiger partial charge is 0.0582 e. The Kier molecular flexibility index (Phi) is 3.45. The lowest BCUT2D eigenvalue weighted by molar-refractivity contribution is 0.0423. The molecule has 0 radical (unpaired) electrons. The van der Waals surface area contributed by atoms with Gasteiger partial charge in [0, 0.05) is 6.04 Å². The van der Waals surface area contributed by atoms with Crippen LogP contribution in [0.4, 0.5) is 0 Å². The van der Waals surface area contributed by atoms with Gasteiger partial charge in [0.2, 0.25) is 0 Å². The second kappa shape index (κ2) is 4.63. The van der Waals surface area contributed by atoms with Crippen molar-refractivity contribution >= 4 is 0 Å². The molecule has 1 heterocycles. The zero-order chi connectivity index (χ0) is 9.97. The Labute approximate surface area is 87.4 Å². The number of hydrogen-bond acceptors (Lipinski definition) is 2. The molecule has 1 aliphatic carbocycles. The molecule has 3 unspecified atom stereocenters. The molecule has 1 saturated heterocycles. The van der Waals surface area contributed by atoms with Gasteiger partial charge in [-0.05, 0) is 51.5 Å². The Morgan fingerprint density at radius 3 is 2.64 bits per heavy atom. The molecule has 0 bridgehead atoms. The van der Waals surface area contributed by atoms with E-state index in [9.17, 15) is 0 Å². The highest BCUT2D eigenvalue weighted by atomic mass is 16.5. The van der Waals surface area contributed by atoms with E-state index in [0.717, 1.165) is 12.0 Å². The number of hydrogen-bond donors (Lipinski definition) is 1. The largest absolute Gasteiger partial charge is 0.375 e. The molecule has 0 amide bonds. The van der Waals surface area contributed by atoms with E-state index in [4.69, 9.17) is 4.74 Å². The third-order valence-corrected chi connectivity index (χ3v) is 3.32. The molecule has 2 fully saturated rings. The normalized spacial score (nSPS) is 34.7. The van der Waals surface area contributed by atoms with Crippen LogP contribution in [0, 0.1) is 5.92 Å². The van der Waals surface area contributed by atoms with Gasteiger partial charge in [-0.15, -0.1) is 0 Å². The zero-order valence-corrected chi connectivity index (χ0v) is 9.46. The molecule has 1 aliphatic heterocycles. The van der Waals surface area contributed by atoms with Crippen LogP contribution in [0.15, 0.2) is 0 Å². The molecule has 1 saturated carbocycles. The lowest BCUT2D eigenvalue weighted by Gasteiger charge is -2.17. The summed E-state index contributed by atoms with van der Waals surface area (Å²) in [5, 5.41) is 3.59. The first-order chi connectivity index (χ1) is 6.74. The minimum absolute atomic E-state index is 0.503. The molecule has 82 valence electrons. The van der Waals surface area contributed by atoms with Crippen LogP contribution in [-0.4, -0.2) is 24.8 Å². The van der Waals surface area contributed by atoms with E-state index < -0.39 is 0 Å². The van der Waals surface area contributed by atoms with Gasteiger partial charge in [0.15, 0.2) is 0 Å². The van der Waals surface area contributed by atoms with Crippen LogP contribution in [0.2, 0.25) is 0 Å². The summed E-state index contributed by atoms with van der Waals surface area (Å²) in [4.78, 5) is 0. The number of ether oxygens (including phenoxy) is 1. The Hall–Kier alpha value is -0.0800. The van der Waals surface area contributed by atoms with Crippen LogP contribution >= 0.6 is 0 Å². The molecular weight excluding hydrogens is 174 g/mol. The minimum atomic E-state index is 0.503. The average Bonchev–Trinajstić information content (AvgIpc) is 2.88. The Balaban J connectivity index is 1.58. The topological polar surface area (TPSA) is 21.3 Å². The summed E-state index contributed by atoms with van der Waals surface area (Å²) >= 11 is 0. The predicted octanol–water partition coefficient (Wildman–Crippen LogP) is 2.33. The third-order valence-electron chi connectivity index (χ3n) is 3.32. The van der Waals surface area contributed by atoms with Crippen LogP contribution < -0.4 is 5.32 Å². The van der Waals surface area contributed by atoms with Gasteiger partial charge in [-0.25, -0.2) is 0 Å². The van der Waals surface area contributed by atoms with Crippen LogP contribution in [0.1, 0.15) is 46.0 Å². The monoisotopic (exact) mass is 197 g/mol. The fourth-order valence-electron chi connectivity index (χ4n) is 2.25. The van der Waals surface area contributed by atoms with Crippen molar-refractivity contribution in [3.63, 3.8) is 0 Å². The predicted molar refractivity (Wildman–Crippen MR) is 58.4 cm³/mol. The van der Waals surface area contributed by atoms with E-state index in [2.05, 4.69) is 19.2 Å². The second-order valence-corrected chi connectivity index (χ2v) is 5.17. The summed E-state index contributed by atoms with van der Waals surface area (Å²) in [6.07, 6.45) is 7.60. The summed E-state index contributed by atoms with van der Waals surface area (Å²) in [5.74, 6) is 0.769. The summed E-state index contributed by atoms with van der Waals surface area (Å²) in [6, 6.07) is 0.848. The van der Waals surface area contributed by atoms with E-state index >= 15 is 0 Å². The van der Waals surface area contributed by atoms with Gasteiger partial charge < -0.3 is 10.1 Å². The molecule has 0 spiro atoms. The van der Waals surface area contributed by atoms with Gasteiger partial charge in [-0.2, -0.15) is 0 Å². The fraction of sp³-hybridized carbons (Fsp3) is 1.00. The first-order valence-corrected chi connectivity index (χ1v) is 6.13. The molecule has 2 aliphatic rings. The highest BCUT2D eigenvalue weighted by Crippen LogP contribution is 2.25. The van der Waals surface area contributed by atoms with E-state index in [1.165, 1.54) is 38.6 Å². The lowest BCUT2D eigenvalue weighted by atomic mass is 10.0. The summed E-state index contributed by atoms with van der Waals surface area (Å²) in [6.45, 7) is 5.70. The van der Waals surface area contributed by atoms with Crippen LogP contribution in [0.3, 0.4) is 0 Å². The maximum Gasteiger partial charge on any atom is 0.0582 e. The van der Waals surface area contributed by atoms with E-state index in [1.54, 1.807) is 0 Å². The van der Waals surface area contributed by atoms with Crippen molar-refractivity contribution in [3.05, 3.63) is 0 Å². The maximum absolute atomic E-state index is 5.83. The van der Waals surface area contributed by atoms with Crippen LogP contribution in [0.25, 0.3) is 0 Å². The average molecular weight is 197 g/mol. The number of rotatable bonds is 5. The fourth-order valence-corrected chi connectivity index (χ4v) is 2.25. The number of nitrogens with one attached hydrogen (secondary N) is 1. The second-order valence-electron chi connectivity index (χ2n) is 5.17. The quantitative estimate of drug-likeness (QED) is 0.730. The molecule has 2 nitrogen and oxygen atoms in total. The first kappa shape index (κ1) is 10.4.